The number of nitrogens with zero attached hydrogens (tertiary/aromatic N) is 1. The second-order valence-electron chi connectivity index (χ2n) is 3.83. The summed E-state index contributed by atoms with van der Waals surface area (Å²) in [5.74, 6) is -0.0279. The molecule has 0 aliphatic carbocycles. The van der Waals surface area contributed by atoms with E-state index in [1.807, 2.05) is 29.2 Å². The van der Waals surface area contributed by atoms with Gasteiger partial charge in [-0.1, -0.05) is 12.2 Å². The quantitative estimate of drug-likeness (QED) is 0.602. The molecule has 0 aliphatic rings. The van der Waals surface area contributed by atoms with E-state index in [0.717, 1.165) is 9.26 Å². The van der Waals surface area contributed by atoms with Crippen molar-refractivity contribution in [2.45, 2.75) is 0 Å². The maximum absolute atomic E-state index is 11.8. The molecule has 96 valence electrons. The Kier molecular flexibility index (Phi) is 6.67. The molecule has 18 heavy (non-hydrogen) atoms. The Balaban J connectivity index is 2.51. The average molecular weight is 356 g/mol. The summed E-state index contributed by atoms with van der Waals surface area (Å²) in [6, 6.07) is 7.71. The second kappa shape index (κ2) is 8.05. The molecule has 0 fully saturated rings. The number of amides is 1. The summed E-state index contributed by atoms with van der Waals surface area (Å²) in [5, 5.41) is 2.86. The average Bonchev–Trinajstić information content (AvgIpc) is 2.33. The molecular weight excluding hydrogens is 339 g/mol. The summed E-state index contributed by atoms with van der Waals surface area (Å²) >= 11 is 2.23. The lowest BCUT2D eigenvalue weighted by atomic mass is 10.3. The minimum Gasteiger partial charge on any atom is -0.325 e. The third kappa shape index (κ3) is 5.46. The largest absolute Gasteiger partial charge is 0.325 e. The molecule has 1 aromatic rings. The lowest BCUT2D eigenvalue weighted by molar-refractivity contribution is -0.117. The summed E-state index contributed by atoms with van der Waals surface area (Å²) in [7, 11) is 0. The fraction of sp³-hybridized carbons (Fsp3) is 0.214. The van der Waals surface area contributed by atoms with Crippen LogP contribution in [0.25, 0.3) is 0 Å². The molecule has 0 atom stereocenters. The minimum atomic E-state index is -0.0279. The molecule has 3 nitrogen and oxygen atoms in total. The molecule has 1 aromatic carbocycles. The van der Waals surface area contributed by atoms with Crippen molar-refractivity contribution in [3.05, 3.63) is 53.1 Å². The first-order valence-electron chi connectivity index (χ1n) is 5.65. The number of carbonyl (C=O) groups is 1. The fourth-order valence-corrected chi connectivity index (χ4v) is 1.87. The molecule has 0 heterocycles. The van der Waals surface area contributed by atoms with E-state index in [0.29, 0.717) is 19.6 Å². The number of halogens is 1. The van der Waals surface area contributed by atoms with Crippen molar-refractivity contribution >= 4 is 34.2 Å². The van der Waals surface area contributed by atoms with Crippen LogP contribution in [0.5, 0.6) is 0 Å². The minimum absolute atomic E-state index is 0.0279. The molecule has 0 saturated carbocycles. The zero-order valence-corrected chi connectivity index (χ0v) is 12.4. The molecule has 0 bridgehead atoms. The Morgan fingerprint density at radius 2 is 1.78 bits per heavy atom. The number of hydrogen-bond donors (Lipinski definition) is 1. The summed E-state index contributed by atoms with van der Waals surface area (Å²) in [4.78, 5) is 13.8. The molecule has 4 heteroatoms. The van der Waals surface area contributed by atoms with Crippen LogP contribution in [0.15, 0.2) is 49.6 Å². The fourth-order valence-electron chi connectivity index (χ4n) is 1.51. The maximum atomic E-state index is 11.8. The molecule has 1 N–H and O–H groups in total. The molecule has 0 aromatic heterocycles. The van der Waals surface area contributed by atoms with Crippen LogP contribution in [-0.2, 0) is 4.79 Å². The summed E-state index contributed by atoms with van der Waals surface area (Å²) in [5.41, 5.74) is 0.817. The highest BCUT2D eigenvalue weighted by molar-refractivity contribution is 14.1. The van der Waals surface area contributed by atoms with Gasteiger partial charge in [0.15, 0.2) is 0 Å². The Morgan fingerprint density at radius 1 is 1.22 bits per heavy atom. The van der Waals surface area contributed by atoms with E-state index in [9.17, 15) is 4.79 Å². The van der Waals surface area contributed by atoms with Gasteiger partial charge < -0.3 is 5.32 Å². The van der Waals surface area contributed by atoms with Gasteiger partial charge in [-0.05, 0) is 46.9 Å². The first kappa shape index (κ1) is 14.9. The first-order valence-corrected chi connectivity index (χ1v) is 6.73. The standard InChI is InChI=1S/C14H17IN2O/c1-3-9-17(10-4-2)11-14(18)16-13-7-5-12(15)6-8-13/h3-8H,1-2,9-11H2,(H,16,18). The molecule has 0 spiro atoms. The van der Waals surface area contributed by atoms with Crippen LogP contribution in [0.4, 0.5) is 5.69 Å². The Labute approximate surface area is 122 Å². The highest BCUT2D eigenvalue weighted by Crippen LogP contribution is 2.11. The van der Waals surface area contributed by atoms with Gasteiger partial charge in [0.1, 0.15) is 0 Å². The zero-order valence-electron chi connectivity index (χ0n) is 10.2. The van der Waals surface area contributed by atoms with Crippen LogP contribution in [0, 0.1) is 3.57 Å². The van der Waals surface area contributed by atoms with Crippen molar-refractivity contribution in [1.82, 2.24) is 4.90 Å². The zero-order chi connectivity index (χ0) is 13.4. The van der Waals surface area contributed by atoms with Gasteiger partial charge in [0.2, 0.25) is 5.91 Å². The normalized spacial score (nSPS) is 10.1. The number of benzene rings is 1. The summed E-state index contributed by atoms with van der Waals surface area (Å²) in [6.45, 7) is 9.03. The van der Waals surface area contributed by atoms with Gasteiger partial charge in [0, 0.05) is 22.3 Å². The number of nitrogens with one attached hydrogen (secondary N) is 1. The lowest BCUT2D eigenvalue weighted by Gasteiger charge is -2.17. The first-order chi connectivity index (χ1) is 8.65. The van der Waals surface area contributed by atoms with E-state index in [-0.39, 0.29) is 5.91 Å². The van der Waals surface area contributed by atoms with Crippen molar-refractivity contribution in [2.24, 2.45) is 0 Å². The number of anilines is 1. The van der Waals surface area contributed by atoms with E-state index < -0.39 is 0 Å². The van der Waals surface area contributed by atoms with Crippen LogP contribution >= 0.6 is 22.6 Å². The molecule has 0 radical (unpaired) electrons. The SMILES string of the molecule is C=CCN(CC=C)CC(=O)Nc1ccc(I)cc1. The van der Waals surface area contributed by atoms with Crippen LogP contribution in [-0.4, -0.2) is 30.4 Å². The molecular formula is C14H17IN2O. The Morgan fingerprint density at radius 3 is 2.28 bits per heavy atom. The Hall–Kier alpha value is -1.14. The van der Waals surface area contributed by atoms with Crippen LogP contribution in [0.2, 0.25) is 0 Å². The lowest BCUT2D eigenvalue weighted by Crippen LogP contribution is -2.33. The van der Waals surface area contributed by atoms with Gasteiger partial charge in [-0.2, -0.15) is 0 Å². The van der Waals surface area contributed by atoms with Gasteiger partial charge >= 0.3 is 0 Å². The third-order valence-electron chi connectivity index (χ3n) is 2.27. The molecule has 0 saturated heterocycles. The van der Waals surface area contributed by atoms with Crippen molar-refractivity contribution in [3.63, 3.8) is 0 Å². The van der Waals surface area contributed by atoms with Crippen LogP contribution in [0.3, 0.4) is 0 Å². The van der Waals surface area contributed by atoms with Gasteiger partial charge in [-0.3, -0.25) is 9.69 Å². The number of rotatable bonds is 7. The topological polar surface area (TPSA) is 32.3 Å². The van der Waals surface area contributed by atoms with E-state index in [1.165, 1.54) is 0 Å². The van der Waals surface area contributed by atoms with Gasteiger partial charge in [0.05, 0.1) is 6.54 Å². The van der Waals surface area contributed by atoms with Crippen LogP contribution < -0.4 is 5.32 Å². The van der Waals surface area contributed by atoms with Crippen LogP contribution in [0.1, 0.15) is 0 Å². The van der Waals surface area contributed by atoms with E-state index in [2.05, 4.69) is 41.1 Å². The smallest absolute Gasteiger partial charge is 0.238 e. The molecule has 1 rings (SSSR count). The molecule has 0 unspecified atom stereocenters. The van der Waals surface area contributed by atoms with Crippen molar-refractivity contribution in [1.29, 1.82) is 0 Å². The number of carbonyl (C=O) groups excluding carboxylic acids is 1. The molecule has 1 amide bonds. The van der Waals surface area contributed by atoms with E-state index >= 15 is 0 Å². The van der Waals surface area contributed by atoms with Crippen molar-refractivity contribution in [2.75, 3.05) is 25.0 Å². The van der Waals surface area contributed by atoms with E-state index in [4.69, 9.17) is 0 Å². The highest BCUT2D eigenvalue weighted by atomic mass is 127. The van der Waals surface area contributed by atoms with Gasteiger partial charge in [0.25, 0.3) is 0 Å². The Bertz CT molecular complexity index is 404. The van der Waals surface area contributed by atoms with Crippen molar-refractivity contribution in [3.8, 4) is 0 Å². The third-order valence-corrected chi connectivity index (χ3v) is 2.99. The maximum Gasteiger partial charge on any atom is 0.238 e. The summed E-state index contributed by atoms with van der Waals surface area (Å²) < 4.78 is 1.14. The monoisotopic (exact) mass is 356 g/mol. The second-order valence-corrected chi connectivity index (χ2v) is 5.07. The van der Waals surface area contributed by atoms with Gasteiger partial charge in [-0.15, -0.1) is 13.2 Å². The highest BCUT2D eigenvalue weighted by Gasteiger charge is 2.08. The summed E-state index contributed by atoms with van der Waals surface area (Å²) in [6.07, 6.45) is 3.56. The van der Waals surface area contributed by atoms with Gasteiger partial charge in [-0.25, -0.2) is 0 Å². The van der Waals surface area contributed by atoms with Crippen molar-refractivity contribution < 1.29 is 4.79 Å². The van der Waals surface area contributed by atoms with E-state index in [1.54, 1.807) is 12.2 Å². The number of hydrogen-bond acceptors (Lipinski definition) is 2. The predicted octanol–water partition coefficient (Wildman–Crippen LogP) is 2.90. The molecule has 0 aliphatic heterocycles. The predicted molar refractivity (Wildman–Crippen MR) is 84.6 cm³/mol.